The van der Waals surface area contributed by atoms with Crippen molar-refractivity contribution >= 4 is 53.8 Å². The maximum absolute atomic E-state index is 13.1. The Bertz CT molecular complexity index is 584. The van der Waals surface area contributed by atoms with Gasteiger partial charge >= 0.3 is 5.97 Å². The molecule has 0 radical (unpaired) electrons. The third-order valence-electron chi connectivity index (χ3n) is 5.71. The van der Waals surface area contributed by atoms with Gasteiger partial charge in [0.2, 0.25) is 0 Å². The molecule has 2 nitrogen and oxygen atoms in total. The summed E-state index contributed by atoms with van der Waals surface area (Å²) in [4.78, 5) is 13.1. The Labute approximate surface area is 177 Å². The highest BCUT2D eigenvalue weighted by molar-refractivity contribution is 9.11. The minimum atomic E-state index is -0.149. The summed E-state index contributed by atoms with van der Waals surface area (Å²) < 4.78 is 8.29. The van der Waals surface area contributed by atoms with Gasteiger partial charge in [-0.15, -0.1) is 0 Å². The molecule has 0 N–H and O–H groups in total. The largest absolute Gasteiger partial charge is 0.424 e. The van der Waals surface area contributed by atoms with Crippen LogP contribution in [0.15, 0.2) is 25.6 Å². The Balaban J connectivity index is 3.17. The summed E-state index contributed by atoms with van der Waals surface area (Å²) in [6.07, 6.45) is 3.88. The van der Waals surface area contributed by atoms with Crippen molar-refractivity contribution in [1.29, 1.82) is 0 Å². The zero-order chi connectivity index (χ0) is 19.4. The first-order valence-electron chi connectivity index (χ1n) is 8.86. The first-order chi connectivity index (χ1) is 11.5. The molecule has 0 aliphatic carbocycles. The van der Waals surface area contributed by atoms with Crippen LogP contribution < -0.4 is 4.74 Å². The molecule has 1 unspecified atom stereocenters. The Morgan fingerprint density at radius 1 is 1.00 bits per heavy atom. The van der Waals surface area contributed by atoms with Crippen LogP contribution in [-0.2, 0) is 4.79 Å². The highest BCUT2D eigenvalue weighted by Crippen LogP contribution is 2.44. The molecule has 142 valence electrons. The molecule has 0 saturated heterocycles. The molecule has 25 heavy (non-hydrogen) atoms. The summed E-state index contributed by atoms with van der Waals surface area (Å²) in [5, 5.41) is 0. The van der Waals surface area contributed by atoms with Gasteiger partial charge in [-0.3, -0.25) is 4.79 Å². The quantitative estimate of drug-likeness (QED) is 0.245. The lowest BCUT2D eigenvalue weighted by molar-refractivity contribution is -0.145. The molecule has 0 bridgehead atoms. The summed E-state index contributed by atoms with van der Waals surface area (Å²) in [5.41, 5.74) is 0.0291. The van der Waals surface area contributed by atoms with E-state index in [1.165, 1.54) is 0 Å². The van der Waals surface area contributed by atoms with Crippen LogP contribution in [0.4, 0.5) is 0 Å². The van der Waals surface area contributed by atoms with Gasteiger partial charge in [0.15, 0.2) is 5.75 Å². The molecule has 5 heteroatoms. The number of hydrogen-bond donors (Lipinski definition) is 0. The molecule has 0 amide bonds. The van der Waals surface area contributed by atoms with Crippen molar-refractivity contribution in [3.63, 3.8) is 0 Å². The Kier molecular flexibility index (Phi) is 8.68. The van der Waals surface area contributed by atoms with Crippen molar-refractivity contribution in [1.82, 2.24) is 0 Å². The number of carbonyl (C=O) groups is 1. The molecule has 0 fully saturated rings. The molecule has 1 atom stereocenters. The topological polar surface area (TPSA) is 26.3 Å². The fourth-order valence-corrected chi connectivity index (χ4v) is 5.18. The van der Waals surface area contributed by atoms with Gasteiger partial charge in [-0.2, -0.15) is 0 Å². The molecule has 0 aliphatic heterocycles. The van der Waals surface area contributed by atoms with Crippen molar-refractivity contribution in [2.24, 2.45) is 16.7 Å². The van der Waals surface area contributed by atoms with Crippen LogP contribution in [0.25, 0.3) is 0 Å². The molecule has 1 aromatic carbocycles. The van der Waals surface area contributed by atoms with E-state index in [0.29, 0.717) is 5.75 Å². The summed E-state index contributed by atoms with van der Waals surface area (Å²) in [6.45, 7) is 13.1. The van der Waals surface area contributed by atoms with Crippen LogP contribution in [0, 0.1) is 16.7 Å². The van der Waals surface area contributed by atoms with Crippen LogP contribution >= 0.6 is 47.8 Å². The third-order valence-corrected chi connectivity index (χ3v) is 7.34. The lowest BCUT2D eigenvalue weighted by atomic mass is 9.67. The summed E-state index contributed by atoms with van der Waals surface area (Å²) >= 11 is 10.4. The van der Waals surface area contributed by atoms with Gasteiger partial charge < -0.3 is 4.74 Å². The molecule has 0 aromatic heterocycles. The van der Waals surface area contributed by atoms with Crippen LogP contribution in [-0.4, -0.2) is 5.97 Å². The number of esters is 1. The van der Waals surface area contributed by atoms with E-state index in [-0.39, 0.29) is 22.7 Å². The fraction of sp³-hybridized carbons (Fsp3) is 0.650. The average Bonchev–Trinajstić information content (AvgIpc) is 2.55. The number of hydrogen-bond acceptors (Lipinski definition) is 2. The predicted octanol–water partition coefficient (Wildman–Crippen LogP) is 8.15. The molecule has 0 aliphatic rings. The van der Waals surface area contributed by atoms with Crippen molar-refractivity contribution in [3.05, 3.63) is 25.6 Å². The van der Waals surface area contributed by atoms with E-state index in [0.717, 1.165) is 39.1 Å². The highest BCUT2D eigenvalue weighted by Gasteiger charge is 2.40. The third kappa shape index (κ3) is 6.07. The SMILES string of the molecule is CCC(C)(CC)CC(C(=O)Oc1c(Br)cc(Br)cc1Br)C(C)(C)CC. The van der Waals surface area contributed by atoms with Gasteiger partial charge in [0.05, 0.1) is 14.9 Å². The van der Waals surface area contributed by atoms with Gasteiger partial charge in [0, 0.05) is 4.47 Å². The van der Waals surface area contributed by atoms with Crippen molar-refractivity contribution in [2.45, 2.75) is 67.2 Å². The number of rotatable bonds is 8. The second-order valence-corrected chi connectivity index (χ2v) is 10.4. The van der Waals surface area contributed by atoms with Gasteiger partial charge in [-0.1, -0.05) is 76.7 Å². The minimum Gasteiger partial charge on any atom is -0.424 e. The minimum absolute atomic E-state index is 0.114. The Morgan fingerprint density at radius 3 is 1.88 bits per heavy atom. The maximum Gasteiger partial charge on any atom is 0.314 e. The maximum atomic E-state index is 13.1. The van der Waals surface area contributed by atoms with Gasteiger partial charge in [-0.05, 0) is 61.2 Å². The number of carbonyl (C=O) groups excluding carboxylic acids is 1. The van der Waals surface area contributed by atoms with Gasteiger partial charge in [0.1, 0.15) is 0 Å². The number of ether oxygens (including phenoxy) is 1. The van der Waals surface area contributed by atoms with E-state index in [4.69, 9.17) is 4.74 Å². The lowest BCUT2D eigenvalue weighted by Crippen LogP contribution is -2.37. The van der Waals surface area contributed by atoms with E-state index in [1.807, 2.05) is 12.1 Å². The van der Waals surface area contributed by atoms with E-state index in [1.54, 1.807) is 0 Å². The summed E-state index contributed by atoms with van der Waals surface area (Å²) in [6, 6.07) is 3.77. The van der Waals surface area contributed by atoms with E-state index < -0.39 is 0 Å². The Morgan fingerprint density at radius 2 is 1.48 bits per heavy atom. The molecule has 0 heterocycles. The zero-order valence-electron chi connectivity index (χ0n) is 16.0. The van der Waals surface area contributed by atoms with Crippen molar-refractivity contribution < 1.29 is 9.53 Å². The first-order valence-corrected chi connectivity index (χ1v) is 11.2. The van der Waals surface area contributed by atoms with Gasteiger partial charge in [0.25, 0.3) is 0 Å². The second-order valence-electron chi connectivity index (χ2n) is 7.74. The lowest BCUT2D eigenvalue weighted by Gasteiger charge is -2.38. The summed E-state index contributed by atoms with van der Waals surface area (Å²) in [7, 11) is 0. The van der Waals surface area contributed by atoms with Crippen LogP contribution in [0.2, 0.25) is 0 Å². The van der Waals surface area contributed by atoms with Gasteiger partial charge in [-0.25, -0.2) is 0 Å². The van der Waals surface area contributed by atoms with E-state index >= 15 is 0 Å². The fourth-order valence-electron chi connectivity index (χ4n) is 2.75. The molecule has 0 spiro atoms. The molecule has 1 rings (SSSR count). The zero-order valence-corrected chi connectivity index (χ0v) is 20.8. The summed E-state index contributed by atoms with van der Waals surface area (Å²) in [5.74, 6) is 0.244. The van der Waals surface area contributed by atoms with Crippen LogP contribution in [0.5, 0.6) is 5.75 Å². The van der Waals surface area contributed by atoms with Crippen LogP contribution in [0.3, 0.4) is 0 Å². The highest BCUT2D eigenvalue weighted by atomic mass is 79.9. The standard InChI is InChI=1S/C20H29Br3O2/c1-7-19(4,5)14(12-20(6,8-2)9-3)18(24)25-17-15(22)10-13(21)11-16(17)23/h10-11,14H,7-9,12H2,1-6H3. The normalized spacial score (nSPS) is 13.6. The molecular weight excluding hydrogens is 512 g/mol. The van der Waals surface area contributed by atoms with E-state index in [2.05, 4.69) is 89.3 Å². The second kappa shape index (κ2) is 9.36. The average molecular weight is 541 g/mol. The number of halogens is 3. The molecule has 1 aromatic rings. The Hall–Kier alpha value is 0.130. The van der Waals surface area contributed by atoms with Crippen molar-refractivity contribution in [3.8, 4) is 5.75 Å². The molecular formula is C20H29Br3O2. The molecule has 0 saturated carbocycles. The van der Waals surface area contributed by atoms with Crippen LogP contribution in [0.1, 0.15) is 67.2 Å². The number of benzene rings is 1. The van der Waals surface area contributed by atoms with E-state index in [9.17, 15) is 4.79 Å². The smallest absolute Gasteiger partial charge is 0.314 e. The van der Waals surface area contributed by atoms with Crippen molar-refractivity contribution in [2.75, 3.05) is 0 Å². The monoisotopic (exact) mass is 538 g/mol. The predicted molar refractivity (Wildman–Crippen MR) is 116 cm³/mol. The first kappa shape index (κ1) is 23.2.